The Morgan fingerprint density at radius 3 is 2.70 bits per heavy atom. The number of Topliss-reactive ketones (excluding diaryl/α,β-unsaturated/α-hetero) is 1. The summed E-state index contributed by atoms with van der Waals surface area (Å²) in [6.07, 6.45) is 0.706. The monoisotopic (exact) mass is 512 g/mol. The SMILES string of the molecule is Cc1c(Br)cccc1C(=O)Cc1cc(CN2CC[C@@H](C(=O)OC(C)(C)C)C2)cc(C#N)c1O. The van der Waals surface area contributed by atoms with Gasteiger partial charge in [0.2, 0.25) is 0 Å². The molecule has 7 heteroatoms. The quantitative estimate of drug-likeness (QED) is 0.436. The zero-order valence-electron chi connectivity index (χ0n) is 19.4. The van der Waals surface area contributed by atoms with Gasteiger partial charge in [-0.3, -0.25) is 14.5 Å². The topological polar surface area (TPSA) is 90.6 Å². The molecular weight excluding hydrogens is 484 g/mol. The Morgan fingerprint density at radius 2 is 2.03 bits per heavy atom. The van der Waals surface area contributed by atoms with Gasteiger partial charge in [0, 0.05) is 35.1 Å². The molecule has 1 fully saturated rings. The summed E-state index contributed by atoms with van der Waals surface area (Å²) in [5.41, 5.74) is 2.29. The first-order valence-corrected chi connectivity index (χ1v) is 11.8. The molecule has 0 aliphatic carbocycles. The Labute approximate surface area is 203 Å². The lowest BCUT2D eigenvalue weighted by molar-refractivity contribution is -0.159. The highest BCUT2D eigenvalue weighted by atomic mass is 79.9. The molecule has 3 rings (SSSR count). The van der Waals surface area contributed by atoms with Crippen LogP contribution in [-0.2, 0) is 22.5 Å². The van der Waals surface area contributed by atoms with Gasteiger partial charge in [-0.2, -0.15) is 5.26 Å². The summed E-state index contributed by atoms with van der Waals surface area (Å²) in [6.45, 7) is 9.26. The van der Waals surface area contributed by atoms with Crippen molar-refractivity contribution in [2.45, 2.75) is 52.7 Å². The van der Waals surface area contributed by atoms with Gasteiger partial charge in [0.25, 0.3) is 0 Å². The molecule has 1 heterocycles. The van der Waals surface area contributed by atoms with E-state index in [1.54, 1.807) is 24.3 Å². The summed E-state index contributed by atoms with van der Waals surface area (Å²) in [6, 6.07) is 10.9. The number of hydrogen-bond acceptors (Lipinski definition) is 6. The first-order valence-electron chi connectivity index (χ1n) is 11.0. The van der Waals surface area contributed by atoms with Crippen LogP contribution in [0.1, 0.15) is 59.8 Å². The molecule has 174 valence electrons. The number of carbonyl (C=O) groups is 2. The van der Waals surface area contributed by atoms with Crippen molar-refractivity contribution >= 4 is 27.7 Å². The minimum Gasteiger partial charge on any atom is -0.506 e. The average molecular weight is 513 g/mol. The third-order valence-electron chi connectivity index (χ3n) is 5.71. The average Bonchev–Trinajstić information content (AvgIpc) is 3.19. The van der Waals surface area contributed by atoms with Crippen molar-refractivity contribution < 1.29 is 19.4 Å². The van der Waals surface area contributed by atoms with Crippen molar-refractivity contribution in [3.63, 3.8) is 0 Å². The fourth-order valence-electron chi connectivity index (χ4n) is 4.06. The van der Waals surface area contributed by atoms with E-state index in [1.165, 1.54) is 0 Å². The fourth-order valence-corrected chi connectivity index (χ4v) is 4.43. The number of ketones is 1. The maximum absolute atomic E-state index is 13.0. The van der Waals surface area contributed by atoms with E-state index in [4.69, 9.17) is 4.74 Å². The van der Waals surface area contributed by atoms with Crippen molar-refractivity contribution in [3.8, 4) is 11.8 Å². The number of aromatic hydroxyl groups is 1. The van der Waals surface area contributed by atoms with E-state index in [0.717, 1.165) is 22.1 Å². The van der Waals surface area contributed by atoms with Gasteiger partial charge in [0.05, 0.1) is 11.5 Å². The van der Waals surface area contributed by atoms with Crippen molar-refractivity contribution in [1.82, 2.24) is 4.90 Å². The molecule has 0 amide bonds. The van der Waals surface area contributed by atoms with Gasteiger partial charge in [0.1, 0.15) is 17.4 Å². The highest BCUT2D eigenvalue weighted by Gasteiger charge is 2.32. The minimum atomic E-state index is -0.517. The van der Waals surface area contributed by atoms with Crippen LogP contribution in [0.15, 0.2) is 34.8 Å². The Balaban J connectivity index is 1.76. The van der Waals surface area contributed by atoms with Crippen molar-refractivity contribution in [2.75, 3.05) is 13.1 Å². The van der Waals surface area contributed by atoms with E-state index in [2.05, 4.69) is 20.8 Å². The molecule has 2 aromatic rings. The molecule has 0 unspecified atom stereocenters. The van der Waals surface area contributed by atoms with Crippen LogP contribution in [0, 0.1) is 24.2 Å². The van der Waals surface area contributed by atoms with Crippen LogP contribution in [0.4, 0.5) is 0 Å². The van der Waals surface area contributed by atoms with E-state index in [1.807, 2.05) is 39.8 Å². The molecule has 1 aliphatic rings. The molecule has 1 N–H and O–H groups in total. The van der Waals surface area contributed by atoms with Gasteiger partial charge < -0.3 is 9.84 Å². The maximum atomic E-state index is 13.0. The lowest BCUT2D eigenvalue weighted by atomic mass is 9.96. The maximum Gasteiger partial charge on any atom is 0.310 e. The first kappa shape index (κ1) is 24.9. The molecule has 0 saturated carbocycles. The molecule has 1 saturated heterocycles. The van der Waals surface area contributed by atoms with E-state index in [-0.39, 0.29) is 35.4 Å². The Kier molecular flexibility index (Phi) is 7.61. The lowest BCUT2D eigenvalue weighted by Crippen LogP contribution is -2.30. The summed E-state index contributed by atoms with van der Waals surface area (Å²) in [5.74, 6) is -0.659. The van der Waals surface area contributed by atoms with Crippen LogP contribution in [-0.4, -0.2) is 40.4 Å². The third-order valence-corrected chi connectivity index (χ3v) is 6.57. The normalized spacial score (nSPS) is 16.4. The highest BCUT2D eigenvalue weighted by Crippen LogP contribution is 2.29. The summed E-state index contributed by atoms with van der Waals surface area (Å²) >= 11 is 3.45. The number of nitrogens with zero attached hydrogens (tertiary/aromatic N) is 2. The standard InChI is InChI=1S/C26H29BrN2O4/c1-16-21(6-5-7-22(16)27)23(30)12-19-10-17(11-20(13-28)24(19)31)14-29-9-8-18(15-29)25(32)33-26(2,3)4/h5-7,10-11,18,31H,8-9,12,14-15H2,1-4H3/t18-/m1/s1. The molecule has 6 nitrogen and oxygen atoms in total. The zero-order valence-corrected chi connectivity index (χ0v) is 21.0. The lowest BCUT2D eigenvalue weighted by Gasteiger charge is -2.22. The number of halogens is 1. The number of phenolic OH excluding ortho intramolecular Hbond substituents is 1. The van der Waals surface area contributed by atoms with Gasteiger partial charge in [-0.05, 0) is 63.9 Å². The van der Waals surface area contributed by atoms with E-state index < -0.39 is 5.60 Å². The van der Waals surface area contributed by atoms with Gasteiger partial charge in [-0.1, -0.05) is 34.1 Å². The van der Waals surface area contributed by atoms with Gasteiger partial charge in [-0.15, -0.1) is 0 Å². The number of phenols is 1. The summed E-state index contributed by atoms with van der Waals surface area (Å²) in [5, 5.41) is 20.1. The molecule has 0 radical (unpaired) electrons. The van der Waals surface area contributed by atoms with E-state index in [9.17, 15) is 20.0 Å². The number of benzene rings is 2. The Bertz CT molecular complexity index is 1110. The van der Waals surface area contributed by atoms with Crippen LogP contribution in [0.2, 0.25) is 0 Å². The largest absolute Gasteiger partial charge is 0.506 e. The molecule has 0 spiro atoms. The zero-order chi connectivity index (χ0) is 24.3. The predicted octanol–water partition coefficient (Wildman–Crippen LogP) is 4.92. The van der Waals surface area contributed by atoms with Crippen LogP contribution in [0.5, 0.6) is 5.75 Å². The summed E-state index contributed by atoms with van der Waals surface area (Å²) < 4.78 is 6.36. The van der Waals surface area contributed by atoms with E-state index >= 15 is 0 Å². The van der Waals surface area contributed by atoms with Crippen LogP contribution < -0.4 is 0 Å². The van der Waals surface area contributed by atoms with Crippen molar-refractivity contribution in [1.29, 1.82) is 5.26 Å². The second kappa shape index (κ2) is 10.1. The predicted molar refractivity (Wildman–Crippen MR) is 129 cm³/mol. The number of rotatable bonds is 6. The molecule has 0 bridgehead atoms. The second-order valence-corrected chi connectivity index (χ2v) is 10.4. The number of nitriles is 1. The Morgan fingerprint density at radius 1 is 1.30 bits per heavy atom. The van der Waals surface area contributed by atoms with Crippen molar-refractivity contribution in [3.05, 3.63) is 62.6 Å². The molecule has 33 heavy (non-hydrogen) atoms. The number of likely N-dealkylation sites (tertiary alicyclic amines) is 1. The molecule has 0 aromatic heterocycles. The number of ether oxygens (including phenoxy) is 1. The van der Waals surface area contributed by atoms with Gasteiger partial charge in [-0.25, -0.2) is 0 Å². The summed E-state index contributed by atoms with van der Waals surface area (Å²) in [7, 11) is 0. The molecule has 1 atom stereocenters. The third kappa shape index (κ3) is 6.21. The number of hydrogen-bond donors (Lipinski definition) is 1. The fraction of sp³-hybridized carbons (Fsp3) is 0.423. The molecular formula is C26H29BrN2O4. The minimum absolute atomic E-state index is 0.00776. The van der Waals surface area contributed by atoms with Gasteiger partial charge in [0.15, 0.2) is 5.78 Å². The second-order valence-electron chi connectivity index (χ2n) is 9.53. The Hall–Kier alpha value is -2.69. The summed E-state index contributed by atoms with van der Waals surface area (Å²) in [4.78, 5) is 27.5. The van der Waals surface area contributed by atoms with Crippen LogP contribution >= 0.6 is 15.9 Å². The van der Waals surface area contributed by atoms with Gasteiger partial charge >= 0.3 is 5.97 Å². The smallest absolute Gasteiger partial charge is 0.310 e. The van der Waals surface area contributed by atoms with Crippen LogP contribution in [0.3, 0.4) is 0 Å². The van der Waals surface area contributed by atoms with Crippen LogP contribution in [0.25, 0.3) is 0 Å². The molecule has 2 aromatic carbocycles. The van der Waals surface area contributed by atoms with E-state index in [0.29, 0.717) is 30.6 Å². The highest BCUT2D eigenvalue weighted by molar-refractivity contribution is 9.10. The van der Waals surface area contributed by atoms with Crippen molar-refractivity contribution in [2.24, 2.45) is 5.92 Å². The number of esters is 1. The number of carbonyl (C=O) groups excluding carboxylic acids is 2. The molecule has 1 aliphatic heterocycles. The first-order chi connectivity index (χ1) is 15.5.